The fraction of sp³-hybridized carbons (Fsp3) is 0.529. The second-order valence-corrected chi connectivity index (χ2v) is 5.75. The summed E-state index contributed by atoms with van der Waals surface area (Å²) < 4.78 is 5.73. The van der Waals surface area contributed by atoms with Gasteiger partial charge in [-0.1, -0.05) is 18.2 Å². The summed E-state index contributed by atoms with van der Waals surface area (Å²) in [5, 5.41) is 0. The number of para-hydroxylation sites is 1. The zero-order chi connectivity index (χ0) is 16.1. The molecule has 0 aliphatic carbocycles. The zero-order valence-electron chi connectivity index (χ0n) is 13.6. The van der Waals surface area contributed by atoms with Crippen LogP contribution in [-0.4, -0.2) is 54.4 Å². The molecule has 0 radical (unpaired) electrons. The number of hydrogen-bond donors (Lipinski definition) is 0. The van der Waals surface area contributed by atoms with Gasteiger partial charge in [0.05, 0.1) is 0 Å². The molecule has 0 aromatic heterocycles. The first kappa shape index (κ1) is 16.3. The molecular weight excluding hydrogens is 280 g/mol. The Morgan fingerprint density at radius 1 is 1.05 bits per heavy atom. The van der Waals surface area contributed by atoms with Gasteiger partial charge >= 0.3 is 0 Å². The lowest BCUT2D eigenvalue weighted by atomic mass is 10.1. The zero-order valence-corrected chi connectivity index (χ0v) is 13.6. The van der Waals surface area contributed by atoms with Crippen LogP contribution in [-0.2, 0) is 9.59 Å². The van der Waals surface area contributed by atoms with Gasteiger partial charge < -0.3 is 14.5 Å². The summed E-state index contributed by atoms with van der Waals surface area (Å²) >= 11 is 0. The third-order valence-corrected chi connectivity index (χ3v) is 4.04. The van der Waals surface area contributed by atoms with E-state index in [0.717, 1.165) is 29.8 Å². The van der Waals surface area contributed by atoms with E-state index in [0.29, 0.717) is 19.6 Å². The minimum atomic E-state index is -0.0203. The first-order chi connectivity index (χ1) is 10.5. The molecule has 1 saturated heterocycles. The molecule has 0 saturated carbocycles. The van der Waals surface area contributed by atoms with E-state index in [1.165, 1.54) is 0 Å². The molecule has 2 amide bonds. The highest BCUT2D eigenvalue weighted by atomic mass is 16.5. The Kier molecular flexibility index (Phi) is 5.41. The first-order valence-corrected chi connectivity index (χ1v) is 7.71. The van der Waals surface area contributed by atoms with E-state index in [2.05, 4.69) is 0 Å². The van der Waals surface area contributed by atoms with E-state index in [-0.39, 0.29) is 18.4 Å². The molecule has 0 spiro atoms. The van der Waals surface area contributed by atoms with Crippen molar-refractivity contribution in [2.75, 3.05) is 32.8 Å². The maximum atomic E-state index is 12.3. The second kappa shape index (κ2) is 7.29. The number of amides is 2. The molecule has 2 rings (SSSR count). The van der Waals surface area contributed by atoms with Gasteiger partial charge in [-0.2, -0.15) is 0 Å². The minimum Gasteiger partial charge on any atom is -0.483 e. The second-order valence-electron chi connectivity index (χ2n) is 5.75. The van der Waals surface area contributed by atoms with Crippen molar-refractivity contribution in [3.05, 3.63) is 29.3 Å². The molecule has 1 aliphatic heterocycles. The molecule has 0 N–H and O–H groups in total. The Bertz CT molecular complexity index is 537. The smallest absolute Gasteiger partial charge is 0.260 e. The average molecular weight is 304 g/mol. The number of hydrogen-bond acceptors (Lipinski definition) is 3. The number of rotatable bonds is 3. The standard InChI is InChI=1S/C17H24N2O3/c1-13-6-4-7-14(2)17(13)22-12-16(21)19-9-5-8-18(10-11-19)15(3)20/h4,6-7H,5,8-12H2,1-3H3. The lowest BCUT2D eigenvalue weighted by Gasteiger charge is -2.22. The number of benzene rings is 1. The van der Waals surface area contributed by atoms with Crippen LogP contribution in [0, 0.1) is 13.8 Å². The fourth-order valence-corrected chi connectivity index (χ4v) is 2.73. The largest absolute Gasteiger partial charge is 0.483 e. The predicted octanol–water partition coefficient (Wildman–Crippen LogP) is 1.76. The summed E-state index contributed by atoms with van der Waals surface area (Å²) in [5.74, 6) is 0.838. The summed E-state index contributed by atoms with van der Waals surface area (Å²) in [5.41, 5.74) is 2.07. The summed E-state index contributed by atoms with van der Waals surface area (Å²) in [6.07, 6.45) is 0.814. The first-order valence-electron chi connectivity index (χ1n) is 7.71. The topological polar surface area (TPSA) is 49.9 Å². The van der Waals surface area contributed by atoms with Gasteiger partial charge in [0.15, 0.2) is 6.61 Å². The van der Waals surface area contributed by atoms with Crippen LogP contribution in [0.2, 0.25) is 0 Å². The van der Waals surface area contributed by atoms with Crippen molar-refractivity contribution in [3.63, 3.8) is 0 Å². The molecule has 0 atom stereocenters. The van der Waals surface area contributed by atoms with Crippen molar-refractivity contribution in [1.29, 1.82) is 0 Å². The molecule has 5 heteroatoms. The molecular formula is C17H24N2O3. The van der Waals surface area contributed by atoms with Gasteiger partial charge in [0.2, 0.25) is 5.91 Å². The van der Waals surface area contributed by atoms with Crippen LogP contribution in [0.1, 0.15) is 24.5 Å². The highest BCUT2D eigenvalue weighted by Gasteiger charge is 2.20. The van der Waals surface area contributed by atoms with Crippen LogP contribution in [0.3, 0.4) is 0 Å². The Hall–Kier alpha value is -2.04. The predicted molar refractivity (Wildman–Crippen MR) is 84.9 cm³/mol. The van der Waals surface area contributed by atoms with Crippen molar-refractivity contribution in [1.82, 2.24) is 9.80 Å². The SMILES string of the molecule is CC(=O)N1CCCN(C(=O)COc2c(C)cccc2C)CC1. The van der Waals surface area contributed by atoms with E-state index >= 15 is 0 Å². The Labute approximate surface area is 131 Å². The molecule has 1 heterocycles. The van der Waals surface area contributed by atoms with Gasteiger partial charge in [-0.3, -0.25) is 9.59 Å². The molecule has 1 aromatic carbocycles. The monoisotopic (exact) mass is 304 g/mol. The van der Waals surface area contributed by atoms with E-state index in [9.17, 15) is 9.59 Å². The van der Waals surface area contributed by atoms with Crippen molar-refractivity contribution in [2.24, 2.45) is 0 Å². The van der Waals surface area contributed by atoms with E-state index in [1.807, 2.05) is 32.0 Å². The molecule has 1 fully saturated rings. The highest BCUT2D eigenvalue weighted by Crippen LogP contribution is 2.22. The summed E-state index contributed by atoms with van der Waals surface area (Å²) in [7, 11) is 0. The van der Waals surface area contributed by atoms with Gasteiger partial charge in [0.25, 0.3) is 5.91 Å². The summed E-state index contributed by atoms with van der Waals surface area (Å²) in [6, 6.07) is 5.93. The fourth-order valence-electron chi connectivity index (χ4n) is 2.73. The number of carbonyl (C=O) groups is 2. The highest BCUT2D eigenvalue weighted by molar-refractivity contribution is 5.78. The number of ether oxygens (including phenoxy) is 1. The number of aryl methyl sites for hydroxylation is 2. The molecule has 1 aromatic rings. The third-order valence-electron chi connectivity index (χ3n) is 4.04. The molecule has 120 valence electrons. The van der Waals surface area contributed by atoms with Crippen molar-refractivity contribution < 1.29 is 14.3 Å². The van der Waals surface area contributed by atoms with Crippen LogP contribution < -0.4 is 4.74 Å². The molecule has 5 nitrogen and oxygen atoms in total. The minimum absolute atomic E-state index is 0.0203. The van der Waals surface area contributed by atoms with Crippen molar-refractivity contribution >= 4 is 11.8 Å². The quantitative estimate of drug-likeness (QED) is 0.855. The van der Waals surface area contributed by atoms with Crippen molar-refractivity contribution in [2.45, 2.75) is 27.2 Å². The van der Waals surface area contributed by atoms with Crippen molar-refractivity contribution in [3.8, 4) is 5.75 Å². The molecule has 1 aliphatic rings. The Morgan fingerprint density at radius 3 is 2.27 bits per heavy atom. The van der Waals surface area contributed by atoms with Crippen LogP contribution in [0.4, 0.5) is 0 Å². The normalized spacial score (nSPS) is 15.4. The van der Waals surface area contributed by atoms with E-state index < -0.39 is 0 Å². The van der Waals surface area contributed by atoms with Crippen LogP contribution in [0.15, 0.2) is 18.2 Å². The maximum Gasteiger partial charge on any atom is 0.260 e. The summed E-state index contributed by atoms with van der Waals surface area (Å²) in [6.45, 7) is 8.15. The third kappa shape index (κ3) is 4.00. The average Bonchev–Trinajstić information content (AvgIpc) is 2.72. The van der Waals surface area contributed by atoms with Crippen LogP contribution in [0.25, 0.3) is 0 Å². The van der Waals surface area contributed by atoms with Gasteiger partial charge in [-0.05, 0) is 31.4 Å². The van der Waals surface area contributed by atoms with Gasteiger partial charge in [0, 0.05) is 33.1 Å². The molecule has 22 heavy (non-hydrogen) atoms. The summed E-state index contributed by atoms with van der Waals surface area (Å²) in [4.78, 5) is 27.3. The van der Waals surface area contributed by atoms with E-state index in [1.54, 1.807) is 16.7 Å². The van der Waals surface area contributed by atoms with E-state index in [4.69, 9.17) is 4.74 Å². The Morgan fingerprint density at radius 2 is 1.64 bits per heavy atom. The Balaban J connectivity index is 1.91. The molecule has 0 bridgehead atoms. The van der Waals surface area contributed by atoms with Gasteiger partial charge in [-0.15, -0.1) is 0 Å². The maximum absolute atomic E-state index is 12.3. The van der Waals surface area contributed by atoms with Crippen LogP contribution >= 0.6 is 0 Å². The lowest BCUT2D eigenvalue weighted by molar-refractivity contribution is -0.134. The lowest BCUT2D eigenvalue weighted by Crippen LogP contribution is -2.38. The van der Waals surface area contributed by atoms with Gasteiger partial charge in [0.1, 0.15) is 5.75 Å². The van der Waals surface area contributed by atoms with Gasteiger partial charge in [-0.25, -0.2) is 0 Å². The van der Waals surface area contributed by atoms with Crippen LogP contribution in [0.5, 0.6) is 5.75 Å². The molecule has 0 unspecified atom stereocenters. The number of carbonyl (C=O) groups excluding carboxylic acids is 2. The number of nitrogens with zero attached hydrogens (tertiary/aromatic N) is 2.